The normalized spacial score (nSPS) is 19.5. The summed E-state index contributed by atoms with van der Waals surface area (Å²) >= 11 is 8.45. The topological polar surface area (TPSA) is 56.5 Å². The van der Waals surface area contributed by atoms with Crippen molar-refractivity contribution in [2.45, 2.75) is 6.10 Å². The Morgan fingerprint density at radius 1 is 1.50 bits per heavy atom. The van der Waals surface area contributed by atoms with Crippen molar-refractivity contribution in [3.8, 4) is 0 Å². The first-order chi connectivity index (χ1) is 8.66. The highest BCUT2D eigenvalue weighted by molar-refractivity contribution is 9.10. The van der Waals surface area contributed by atoms with Gasteiger partial charge in [-0.1, -0.05) is 28.1 Å². The van der Waals surface area contributed by atoms with Gasteiger partial charge in [-0.25, -0.2) is 0 Å². The highest BCUT2D eigenvalue weighted by Crippen LogP contribution is 2.21. The number of hydrogen-bond acceptors (Lipinski definition) is 4. The summed E-state index contributed by atoms with van der Waals surface area (Å²) in [5, 5.41) is 3.30. The lowest BCUT2D eigenvalue weighted by Crippen LogP contribution is -2.34. The molecule has 0 bridgehead atoms. The third kappa shape index (κ3) is 3.65. The van der Waals surface area contributed by atoms with Gasteiger partial charge in [-0.3, -0.25) is 0 Å². The van der Waals surface area contributed by atoms with Crippen LogP contribution in [0, 0.1) is 0 Å². The second kappa shape index (κ2) is 6.47. The molecule has 1 aliphatic rings. The molecule has 1 saturated heterocycles. The summed E-state index contributed by atoms with van der Waals surface area (Å²) < 4.78 is 11.9. The predicted octanol–water partition coefficient (Wildman–Crippen LogP) is 1.91. The Labute approximate surface area is 120 Å². The first kappa shape index (κ1) is 13.7. The average molecular weight is 331 g/mol. The summed E-state index contributed by atoms with van der Waals surface area (Å²) in [5.41, 5.74) is 7.45. The highest BCUT2D eigenvalue weighted by atomic mass is 79.9. The van der Waals surface area contributed by atoms with Gasteiger partial charge in [0, 0.05) is 22.3 Å². The maximum atomic E-state index is 5.71. The van der Waals surface area contributed by atoms with E-state index in [2.05, 4.69) is 21.2 Å². The van der Waals surface area contributed by atoms with E-state index < -0.39 is 0 Å². The maximum Gasteiger partial charge on any atom is 0.106 e. The van der Waals surface area contributed by atoms with Crippen molar-refractivity contribution < 1.29 is 9.47 Å². The maximum absolute atomic E-state index is 5.71. The Balaban J connectivity index is 2.01. The first-order valence-corrected chi connectivity index (χ1v) is 6.89. The third-order valence-electron chi connectivity index (χ3n) is 2.65. The molecule has 0 aliphatic carbocycles. The second-order valence-electron chi connectivity index (χ2n) is 4.00. The number of nitrogens with two attached hydrogens (primary N) is 1. The van der Waals surface area contributed by atoms with Gasteiger partial charge in [0.25, 0.3) is 0 Å². The molecule has 6 heteroatoms. The number of nitrogens with one attached hydrogen (secondary N) is 1. The predicted molar refractivity (Wildman–Crippen MR) is 79.1 cm³/mol. The van der Waals surface area contributed by atoms with Gasteiger partial charge in [0.1, 0.15) is 4.99 Å². The zero-order valence-electron chi connectivity index (χ0n) is 9.82. The Hall–Kier alpha value is -0.690. The van der Waals surface area contributed by atoms with Crippen LogP contribution in [-0.4, -0.2) is 37.5 Å². The van der Waals surface area contributed by atoms with Crippen LogP contribution in [0.15, 0.2) is 22.7 Å². The zero-order valence-corrected chi connectivity index (χ0v) is 12.2. The van der Waals surface area contributed by atoms with Crippen molar-refractivity contribution in [1.82, 2.24) is 0 Å². The van der Waals surface area contributed by atoms with Crippen LogP contribution in [0.5, 0.6) is 0 Å². The Morgan fingerprint density at radius 2 is 2.33 bits per heavy atom. The van der Waals surface area contributed by atoms with Crippen LogP contribution in [0.1, 0.15) is 5.56 Å². The second-order valence-corrected chi connectivity index (χ2v) is 5.36. The highest BCUT2D eigenvalue weighted by Gasteiger charge is 2.15. The van der Waals surface area contributed by atoms with Crippen LogP contribution in [0.3, 0.4) is 0 Å². The minimum Gasteiger partial charge on any atom is -0.389 e. The van der Waals surface area contributed by atoms with E-state index in [-0.39, 0.29) is 6.10 Å². The fourth-order valence-corrected chi connectivity index (χ4v) is 2.28. The van der Waals surface area contributed by atoms with Crippen LogP contribution < -0.4 is 11.1 Å². The van der Waals surface area contributed by atoms with Crippen LogP contribution in [0.4, 0.5) is 5.69 Å². The number of benzene rings is 1. The summed E-state index contributed by atoms with van der Waals surface area (Å²) in [5.74, 6) is 0. The molecule has 1 aliphatic heterocycles. The van der Waals surface area contributed by atoms with E-state index in [1.54, 1.807) is 0 Å². The lowest BCUT2D eigenvalue weighted by atomic mass is 10.1. The Morgan fingerprint density at radius 3 is 3.00 bits per heavy atom. The summed E-state index contributed by atoms with van der Waals surface area (Å²) in [6.07, 6.45) is 0.0709. The molecular formula is C12H15BrN2O2S. The fourth-order valence-electron chi connectivity index (χ4n) is 1.75. The van der Waals surface area contributed by atoms with E-state index in [1.807, 2.05) is 18.2 Å². The molecule has 0 aromatic heterocycles. The van der Waals surface area contributed by atoms with Crippen LogP contribution in [-0.2, 0) is 9.47 Å². The van der Waals surface area contributed by atoms with Crippen molar-refractivity contribution in [3.05, 3.63) is 28.2 Å². The van der Waals surface area contributed by atoms with Gasteiger partial charge in [-0.15, -0.1) is 0 Å². The molecular weight excluding hydrogens is 316 g/mol. The van der Waals surface area contributed by atoms with Gasteiger partial charge >= 0.3 is 0 Å². The SMILES string of the molecule is NC(=S)c1cc(Br)ccc1NCC1COCCO1. The summed E-state index contributed by atoms with van der Waals surface area (Å²) in [6, 6.07) is 5.80. The molecule has 1 fully saturated rings. The Bertz CT molecular complexity index is 436. The lowest BCUT2D eigenvalue weighted by Gasteiger charge is -2.24. The zero-order chi connectivity index (χ0) is 13.0. The molecule has 1 heterocycles. The lowest BCUT2D eigenvalue weighted by molar-refractivity contribution is -0.0818. The first-order valence-electron chi connectivity index (χ1n) is 5.69. The van der Waals surface area contributed by atoms with Crippen molar-refractivity contribution in [2.75, 3.05) is 31.7 Å². The molecule has 98 valence electrons. The van der Waals surface area contributed by atoms with E-state index in [1.165, 1.54) is 0 Å². The quantitative estimate of drug-likeness (QED) is 0.826. The van der Waals surface area contributed by atoms with Gasteiger partial charge in [0.15, 0.2) is 0 Å². The number of ether oxygens (including phenoxy) is 2. The third-order valence-corrected chi connectivity index (χ3v) is 3.37. The van der Waals surface area contributed by atoms with E-state index in [0.717, 1.165) is 15.7 Å². The van der Waals surface area contributed by atoms with Crippen LogP contribution in [0.2, 0.25) is 0 Å². The molecule has 2 rings (SSSR count). The molecule has 18 heavy (non-hydrogen) atoms. The Kier molecular flexibility index (Phi) is 4.94. The summed E-state index contributed by atoms with van der Waals surface area (Å²) in [6.45, 7) is 2.62. The van der Waals surface area contributed by atoms with Crippen LogP contribution in [0.25, 0.3) is 0 Å². The molecule has 3 N–H and O–H groups in total. The molecule has 0 spiro atoms. The number of rotatable bonds is 4. The minimum absolute atomic E-state index is 0.0709. The van der Waals surface area contributed by atoms with Gasteiger partial charge in [-0.2, -0.15) is 0 Å². The van der Waals surface area contributed by atoms with E-state index >= 15 is 0 Å². The van der Waals surface area contributed by atoms with E-state index in [9.17, 15) is 0 Å². The molecule has 1 aromatic rings. The van der Waals surface area contributed by atoms with E-state index in [0.29, 0.717) is 31.4 Å². The van der Waals surface area contributed by atoms with Crippen molar-refractivity contribution >= 4 is 38.8 Å². The molecule has 0 radical (unpaired) electrons. The standard InChI is InChI=1S/C12H15BrN2O2S/c13-8-1-2-11(10(5-8)12(14)18)15-6-9-7-16-3-4-17-9/h1-2,5,9,15H,3-4,6-7H2,(H2,14,18). The molecule has 4 nitrogen and oxygen atoms in total. The van der Waals surface area contributed by atoms with Crippen LogP contribution >= 0.6 is 28.1 Å². The van der Waals surface area contributed by atoms with Crippen molar-refractivity contribution in [1.29, 1.82) is 0 Å². The van der Waals surface area contributed by atoms with Gasteiger partial charge in [0.2, 0.25) is 0 Å². The minimum atomic E-state index is 0.0709. The summed E-state index contributed by atoms with van der Waals surface area (Å²) in [7, 11) is 0. The average Bonchev–Trinajstić information content (AvgIpc) is 2.38. The number of halogens is 1. The largest absolute Gasteiger partial charge is 0.389 e. The van der Waals surface area contributed by atoms with Gasteiger partial charge < -0.3 is 20.5 Å². The number of hydrogen-bond donors (Lipinski definition) is 2. The summed E-state index contributed by atoms with van der Waals surface area (Å²) in [4.78, 5) is 0.375. The number of anilines is 1. The molecule has 0 saturated carbocycles. The fraction of sp³-hybridized carbons (Fsp3) is 0.417. The van der Waals surface area contributed by atoms with E-state index in [4.69, 9.17) is 27.4 Å². The smallest absolute Gasteiger partial charge is 0.106 e. The van der Waals surface area contributed by atoms with Gasteiger partial charge in [0.05, 0.1) is 25.9 Å². The van der Waals surface area contributed by atoms with Crippen molar-refractivity contribution in [2.24, 2.45) is 5.73 Å². The molecule has 1 aromatic carbocycles. The molecule has 1 unspecified atom stereocenters. The van der Waals surface area contributed by atoms with Crippen molar-refractivity contribution in [3.63, 3.8) is 0 Å². The monoisotopic (exact) mass is 330 g/mol. The molecule has 0 amide bonds. The molecule has 1 atom stereocenters. The van der Waals surface area contributed by atoms with Gasteiger partial charge in [-0.05, 0) is 18.2 Å². The number of thiocarbonyl (C=S) groups is 1.